The maximum atomic E-state index is 11.6. The van der Waals surface area contributed by atoms with Gasteiger partial charge in [-0.15, -0.1) is 0 Å². The van der Waals surface area contributed by atoms with Crippen molar-refractivity contribution in [1.29, 1.82) is 0 Å². The van der Waals surface area contributed by atoms with Gasteiger partial charge >= 0.3 is 0 Å². The van der Waals surface area contributed by atoms with Crippen molar-refractivity contribution in [2.75, 3.05) is 5.33 Å². The van der Waals surface area contributed by atoms with E-state index in [1.54, 1.807) is 6.07 Å². The molecule has 0 spiro atoms. The van der Waals surface area contributed by atoms with Crippen LogP contribution in [0.2, 0.25) is 5.02 Å². The molecule has 1 rings (SSSR count). The first-order valence-corrected chi connectivity index (χ1v) is 5.90. The predicted molar refractivity (Wildman–Crippen MR) is 63.8 cm³/mol. The van der Waals surface area contributed by atoms with Crippen LogP contribution >= 0.6 is 27.5 Å². The van der Waals surface area contributed by atoms with E-state index >= 15 is 0 Å². The average molecular weight is 293 g/mol. The van der Waals surface area contributed by atoms with Crippen LogP contribution in [-0.2, 0) is 0 Å². The number of hydrogen-bond donors (Lipinski definition) is 2. The summed E-state index contributed by atoms with van der Waals surface area (Å²) in [5, 5.41) is 13.3. The third-order valence-electron chi connectivity index (χ3n) is 1.81. The summed E-state index contributed by atoms with van der Waals surface area (Å²) >= 11 is 8.90. The summed E-state index contributed by atoms with van der Waals surface area (Å²) in [6.45, 7) is 1.86. The zero-order chi connectivity index (χ0) is 11.4. The van der Waals surface area contributed by atoms with Gasteiger partial charge in [-0.1, -0.05) is 27.5 Å². The molecule has 82 valence electrons. The third-order valence-corrected chi connectivity index (χ3v) is 3.02. The van der Waals surface area contributed by atoms with Crippen LogP contribution in [0.25, 0.3) is 0 Å². The molecule has 2 N–H and O–H groups in total. The fraction of sp³-hybridized carbons (Fsp3) is 0.300. The molecule has 1 aromatic rings. The highest BCUT2D eigenvalue weighted by Crippen LogP contribution is 2.21. The highest BCUT2D eigenvalue weighted by atomic mass is 79.9. The van der Waals surface area contributed by atoms with E-state index < -0.39 is 0 Å². The fourth-order valence-electron chi connectivity index (χ4n) is 1.04. The summed E-state index contributed by atoms with van der Waals surface area (Å²) in [7, 11) is 0. The second kappa shape index (κ2) is 5.37. The van der Waals surface area contributed by atoms with Gasteiger partial charge in [0.25, 0.3) is 5.91 Å². The summed E-state index contributed by atoms with van der Waals surface area (Å²) < 4.78 is 0. The summed E-state index contributed by atoms with van der Waals surface area (Å²) in [5.41, 5.74) is 0.229. The molecule has 0 aliphatic rings. The monoisotopic (exact) mass is 291 g/mol. The zero-order valence-corrected chi connectivity index (χ0v) is 10.5. The van der Waals surface area contributed by atoms with E-state index in [4.69, 9.17) is 11.6 Å². The molecule has 0 radical (unpaired) electrons. The Bertz CT molecular complexity index is 370. The number of rotatable bonds is 3. The van der Waals surface area contributed by atoms with Gasteiger partial charge in [0.15, 0.2) is 0 Å². The van der Waals surface area contributed by atoms with Gasteiger partial charge < -0.3 is 10.4 Å². The highest BCUT2D eigenvalue weighted by Gasteiger charge is 2.12. The van der Waals surface area contributed by atoms with Crippen molar-refractivity contribution in [2.45, 2.75) is 13.0 Å². The Labute approximate surface area is 102 Å². The number of phenols is 1. The van der Waals surface area contributed by atoms with E-state index in [9.17, 15) is 9.90 Å². The van der Waals surface area contributed by atoms with Gasteiger partial charge in [-0.25, -0.2) is 0 Å². The SMILES string of the molecule is CC(CBr)NC(=O)c1ccc(Cl)cc1O. The number of benzene rings is 1. The van der Waals surface area contributed by atoms with E-state index in [1.165, 1.54) is 12.1 Å². The number of halogens is 2. The van der Waals surface area contributed by atoms with Crippen LogP contribution in [0.4, 0.5) is 0 Å². The van der Waals surface area contributed by atoms with Crippen molar-refractivity contribution in [3.63, 3.8) is 0 Å². The molecule has 15 heavy (non-hydrogen) atoms. The third kappa shape index (κ3) is 3.39. The Kier molecular flexibility index (Phi) is 4.42. The molecular weight excluding hydrogens is 281 g/mol. The Morgan fingerprint density at radius 3 is 2.87 bits per heavy atom. The standard InChI is InChI=1S/C10H11BrClNO2/c1-6(5-11)13-10(15)8-3-2-7(12)4-9(8)14/h2-4,6,14H,5H2,1H3,(H,13,15). The van der Waals surface area contributed by atoms with Crippen molar-refractivity contribution in [1.82, 2.24) is 5.32 Å². The minimum absolute atomic E-state index is 0.00702. The molecule has 0 fully saturated rings. The second-order valence-corrected chi connectivity index (χ2v) is 4.27. The molecule has 1 atom stereocenters. The van der Waals surface area contributed by atoms with Gasteiger partial charge in [0.1, 0.15) is 5.75 Å². The first-order valence-electron chi connectivity index (χ1n) is 4.40. The normalized spacial score (nSPS) is 12.2. The molecule has 0 aliphatic carbocycles. The fourth-order valence-corrected chi connectivity index (χ4v) is 1.37. The van der Waals surface area contributed by atoms with Crippen molar-refractivity contribution in [2.24, 2.45) is 0 Å². The van der Waals surface area contributed by atoms with Crippen LogP contribution in [-0.4, -0.2) is 22.4 Å². The molecule has 0 aromatic heterocycles. The molecule has 0 saturated carbocycles. The molecule has 0 aliphatic heterocycles. The lowest BCUT2D eigenvalue weighted by molar-refractivity contribution is 0.0941. The van der Waals surface area contributed by atoms with Crippen LogP contribution in [0.3, 0.4) is 0 Å². The minimum Gasteiger partial charge on any atom is -0.507 e. The quantitative estimate of drug-likeness (QED) is 0.841. The van der Waals surface area contributed by atoms with Crippen molar-refractivity contribution < 1.29 is 9.90 Å². The minimum atomic E-state index is -0.309. The maximum Gasteiger partial charge on any atom is 0.255 e. The molecule has 1 amide bonds. The Morgan fingerprint density at radius 1 is 1.67 bits per heavy atom. The lowest BCUT2D eigenvalue weighted by atomic mass is 10.2. The highest BCUT2D eigenvalue weighted by molar-refractivity contribution is 9.09. The van der Waals surface area contributed by atoms with Crippen LogP contribution in [0, 0.1) is 0 Å². The van der Waals surface area contributed by atoms with E-state index in [-0.39, 0.29) is 23.3 Å². The van der Waals surface area contributed by atoms with Gasteiger partial charge in [0.2, 0.25) is 0 Å². The first-order chi connectivity index (χ1) is 7.04. The number of aromatic hydroxyl groups is 1. The Hall–Kier alpha value is -0.740. The number of carbonyl (C=O) groups is 1. The van der Waals surface area contributed by atoms with Crippen LogP contribution in [0.5, 0.6) is 5.75 Å². The van der Waals surface area contributed by atoms with Crippen molar-refractivity contribution >= 4 is 33.4 Å². The van der Waals surface area contributed by atoms with Crippen LogP contribution in [0.15, 0.2) is 18.2 Å². The van der Waals surface area contributed by atoms with Gasteiger partial charge in [0, 0.05) is 16.4 Å². The molecule has 3 nitrogen and oxygen atoms in total. The predicted octanol–water partition coefficient (Wildman–Crippen LogP) is 2.56. The Morgan fingerprint density at radius 2 is 2.33 bits per heavy atom. The van der Waals surface area contributed by atoms with E-state index in [0.717, 1.165) is 0 Å². The number of alkyl halides is 1. The van der Waals surface area contributed by atoms with Gasteiger partial charge in [-0.2, -0.15) is 0 Å². The number of phenolic OH excluding ortho intramolecular Hbond substituents is 1. The first kappa shape index (κ1) is 12.3. The molecule has 0 heterocycles. The van der Waals surface area contributed by atoms with E-state index in [1.807, 2.05) is 6.92 Å². The lowest BCUT2D eigenvalue weighted by Crippen LogP contribution is -2.33. The topological polar surface area (TPSA) is 49.3 Å². The number of carbonyl (C=O) groups excluding carboxylic acids is 1. The van der Waals surface area contributed by atoms with Gasteiger partial charge in [0.05, 0.1) is 5.56 Å². The Balaban J connectivity index is 2.82. The van der Waals surface area contributed by atoms with Crippen molar-refractivity contribution in [3.8, 4) is 5.75 Å². The average Bonchev–Trinajstić information content (AvgIpc) is 2.17. The number of amides is 1. The van der Waals surface area contributed by atoms with Gasteiger partial charge in [-0.3, -0.25) is 4.79 Å². The second-order valence-electron chi connectivity index (χ2n) is 3.19. The molecule has 1 unspecified atom stereocenters. The van der Waals surface area contributed by atoms with E-state index in [2.05, 4.69) is 21.2 Å². The number of hydrogen-bond acceptors (Lipinski definition) is 2. The molecular formula is C10H11BrClNO2. The summed E-state index contributed by atoms with van der Waals surface area (Å²) in [6, 6.07) is 4.41. The van der Waals surface area contributed by atoms with Crippen LogP contribution < -0.4 is 5.32 Å². The largest absolute Gasteiger partial charge is 0.507 e. The molecule has 1 aromatic carbocycles. The zero-order valence-electron chi connectivity index (χ0n) is 8.13. The summed E-state index contributed by atoms with van der Waals surface area (Å²) in [6.07, 6.45) is 0. The molecule has 5 heteroatoms. The number of nitrogens with one attached hydrogen (secondary N) is 1. The molecule has 0 bridgehead atoms. The molecule has 0 saturated heterocycles. The summed E-state index contributed by atoms with van der Waals surface area (Å²) in [4.78, 5) is 11.6. The van der Waals surface area contributed by atoms with Crippen molar-refractivity contribution in [3.05, 3.63) is 28.8 Å². The van der Waals surface area contributed by atoms with Crippen LogP contribution in [0.1, 0.15) is 17.3 Å². The maximum absolute atomic E-state index is 11.6. The smallest absolute Gasteiger partial charge is 0.255 e. The summed E-state index contributed by atoms with van der Waals surface area (Å²) in [5.74, 6) is -0.419. The van der Waals surface area contributed by atoms with Gasteiger partial charge in [-0.05, 0) is 25.1 Å². The van der Waals surface area contributed by atoms with E-state index in [0.29, 0.717) is 10.4 Å². The lowest BCUT2D eigenvalue weighted by Gasteiger charge is -2.11.